The molecular weight excluding hydrogens is 324 g/mol. The number of nitrogens with zero attached hydrogens (tertiary/aromatic N) is 1. The molecule has 0 bridgehead atoms. The summed E-state index contributed by atoms with van der Waals surface area (Å²) < 4.78 is 25.1. The fourth-order valence-electron chi connectivity index (χ4n) is 2.42. The average Bonchev–Trinajstić information content (AvgIpc) is 2.45. The van der Waals surface area contributed by atoms with Gasteiger partial charge in [-0.15, -0.1) is 0 Å². The van der Waals surface area contributed by atoms with Gasteiger partial charge in [-0.2, -0.15) is 0 Å². The van der Waals surface area contributed by atoms with E-state index < -0.39 is 10.0 Å². The third-order valence-electron chi connectivity index (χ3n) is 3.40. The highest BCUT2D eigenvalue weighted by Crippen LogP contribution is 2.13. The lowest BCUT2D eigenvalue weighted by Gasteiger charge is -2.32. The summed E-state index contributed by atoms with van der Waals surface area (Å²) in [4.78, 5) is 13.9. The van der Waals surface area contributed by atoms with Crippen molar-refractivity contribution in [3.05, 3.63) is 40.9 Å². The quantitative estimate of drug-likeness (QED) is 0.850. The van der Waals surface area contributed by atoms with E-state index in [9.17, 15) is 13.2 Å². The fourth-order valence-corrected chi connectivity index (χ4v) is 3.35. The largest absolute Gasteiger partial charge is 0.338 e. The molecule has 1 aliphatic heterocycles. The predicted octanol–water partition coefficient (Wildman–Crippen LogP) is 1.89. The molecule has 1 fully saturated rings. The maximum Gasteiger partial charge on any atom is 0.246 e. The van der Waals surface area contributed by atoms with E-state index in [1.54, 1.807) is 23.1 Å². The van der Waals surface area contributed by atoms with Crippen LogP contribution in [0, 0.1) is 0 Å². The first-order valence-corrected chi connectivity index (χ1v) is 9.30. The van der Waals surface area contributed by atoms with Crippen molar-refractivity contribution in [1.29, 1.82) is 0 Å². The molecule has 0 aromatic heterocycles. The van der Waals surface area contributed by atoms with E-state index >= 15 is 0 Å². The summed E-state index contributed by atoms with van der Waals surface area (Å²) in [7, 11) is -3.25. The molecule has 0 aliphatic carbocycles. The van der Waals surface area contributed by atoms with Crippen molar-refractivity contribution in [2.75, 3.05) is 19.3 Å². The van der Waals surface area contributed by atoms with Crippen LogP contribution >= 0.6 is 11.6 Å². The van der Waals surface area contributed by atoms with Gasteiger partial charge >= 0.3 is 0 Å². The number of piperidine rings is 1. The first kappa shape index (κ1) is 17.0. The number of carbonyl (C=O) groups is 1. The molecule has 1 unspecified atom stereocenters. The Kier molecular flexibility index (Phi) is 5.61. The average molecular weight is 343 g/mol. The fraction of sp³-hybridized carbons (Fsp3) is 0.400. The van der Waals surface area contributed by atoms with Crippen LogP contribution in [0.1, 0.15) is 18.4 Å². The number of hydrogen-bond donors (Lipinski definition) is 1. The zero-order valence-electron chi connectivity index (χ0n) is 12.3. The van der Waals surface area contributed by atoms with Gasteiger partial charge in [-0.1, -0.05) is 23.7 Å². The number of likely N-dealkylation sites (tertiary alicyclic amines) is 1. The van der Waals surface area contributed by atoms with Gasteiger partial charge in [-0.25, -0.2) is 13.1 Å². The van der Waals surface area contributed by atoms with Gasteiger partial charge < -0.3 is 4.90 Å². The minimum atomic E-state index is -3.25. The number of benzene rings is 1. The van der Waals surface area contributed by atoms with Crippen LogP contribution in [0.25, 0.3) is 6.08 Å². The monoisotopic (exact) mass is 342 g/mol. The summed E-state index contributed by atoms with van der Waals surface area (Å²) in [6, 6.07) is 6.97. The minimum Gasteiger partial charge on any atom is -0.338 e. The first-order chi connectivity index (χ1) is 10.3. The first-order valence-electron chi connectivity index (χ1n) is 7.03. The van der Waals surface area contributed by atoms with Crippen molar-refractivity contribution in [3.8, 4) is 0 Å². The molecule has 1 saturated heterocycles. The maximum atomic E-state index is 12.2. The second-order valence-electron chi connectivity index (χ2n) is 5.40. The highest BCUT2D eigenvalue weighted by Gasteiger charge is 2.24. The minimum absolute atomic E-state index is 0.116. The van der Waals surface area contributed by atoms with Crippen LogP contribution in [0.3, 0.4) is 0 Å². The van der Waals surface area contributed by atoms with Crippen LogP contribution in [-0.2, 0) is 14.8 Å². The number of nitrogens with one attached hydrogen (secondary N) is 1. The van der Waals surface area contributed by atoms with Gasteiger partial charge in [0.05, 0.1) is 6.26 Å². The van der Waals surface area contributed by atoms with Crippen molar-refractivity contribution in [2.45, 2.75) is 18.9 Å². The number of halogens is 1. The summed E-state index contributed by atoms with van der Waals surface area (Å²) >= 11 is 5.81. The van der Waals surface area contributed by atoms with Crippen LogP contribution in [0.2, 0.25) is 5.02 Å². The van der Waals surface area contributed by atoms with Gasteiger partial charge in [-0.3, -0.25) is 4.79 Å². The summed E-state index contributed by atoms with van der Waals surface area (Å²) in [5, 5.41) is 0.647. The van der Waals surface area contributed by atoms with Gasteiger partial charge in [0.25, 0.3) is 0 Å². The molecule has 1 aromatic rings. The number of sulfonamides is 1. The molecule has 22 heavy (non-hydrogen) atoms. The summed E-state index contributed by atoms with van der Waals surface area (Å²) in [6.07, 6.45) is 5.90. The molecule has 2 rings (SSSR count). The van der Waals surface area contributed by atoms with Crippen molar-refractivity contribution in [1.82, 2.24) is 9.62 Å². The Bertz CT molecular complexity index is 656. The molecule has 1 N–H and O–H groups in total. The molecule has 0 saturated carbocycles. The third kappa shape index (κ3) is 5.44. The molecule has 0 radical (unpaired) electrons. The van der Waals surface area contributed by atoms with Crippen molar-refractivity contribution in [3.63, 3.8) is 0 Å². The highest BCUT2D eigenvalue weighted by molar-refractivity contribution is 7.88. The van der Waals surface area contributed by atoms with E-state index in [0.717, 1.165) is 24.7 Å². The molecule has 120 valence electrons. The lowest BCUT2D eigenvalue weighted by molar-refractivity contribution is -0.127. The molecule has 1 atom stereocenters. The maximum absolute atomic E-state index is 12.2. The summed E-state index contributed by atoms with van der Waals surface area (Å²) in [6.45, 7) is 1.04. The molecule has 7 heteroatoms. The molecule has 1 amide bonds. The second-order valence-corrected chi connectivity index (χ2v) is 7.61. The van der Waals surface area contributed by atoms with Crippen LogP contribution in [-0.4, -0.2) is 44.6 Å². The Morgan fingerprint density at radius 3 is 2.68 bits per heavy atom. The Morgan fingerprint density at radius 1 is 1.36 bits per heavy atom. The second kappa shape index (κ2) is 7.26. The van der Waals surface area contributed by atoms with Crippen LogP contribution in [0.15, 0.2) is 30.3 Å². The molecule has 1 aliphatic rings. The molecule has 1 heterocycles. The number of carbonyl (C=O) groups excluding carboxylic acids is 1. The van der Waals surface area contributed by atoms with Crippen LogP contribution in [0.5, 0.6) is 0 Å². The van der Waals surface area contributed by atoms with Gasteiger partial charge in [0, 0.05) is 30.2 Å². The molecule has 1 aromatic carbocycles. The van der Waals surface area contributed by atoms with Gasteiger partial charge in [0.2, 0.25) is 15.9 Å². The standard InChI is InChI=1S/C15H19ClN2O3S/c1-22(20,21)17-14-3-2-10-18(11-14)15(19)9-6-12-4-7-13(16)8-5-12/h4-9,14,17H,2-3,10-11H2,1H3. The molecule has 0 spiro atoms. The number of hydrogen-bond acceptors (Lipinski definition) is 3. The van der Waals surface area contributed by atoms with Crippen molar-refractivity contribution >= 4 is 33.6 Å². The zero-order valence-corrected chi connectivity index (χ0v) is 13.9. The smallest absolute Gasteiger partial charge is 0.246 e. The van der Waals surface area contributed by atoms with Crippen LogP contribution < -0.4 is 4.72 Å². The van der Waals surface area contributed by atoms with Crippen molar-refractivity contribution in [2.24, 2.45) is 0 Å². The lowest BCUT2D eigenvalue weighted by atomic mass is 10.1. The van der Waals surface area contributed by atoms with E-state index in [4.69, 9.17) is 11.6 Å². The lowest BCUT2D eigenvalue weighted by Crippen LogP contribution is -2.48. The van der Waals surface area contributed by atoms with E-state index in [0.29, 0.717) is 18.1 Å². The normalized spacial score (nSPS) is 19.5. The Hall–Kier alpha value is -1.37. The SMILES string of the molecule is CS(=O)(=O)NC1CCCN(C(=O)C=Cc2ccc(Cl)cc2)C1. The van der Waals surface area contributed by atoms with E-state index in [-0.39, 0.29) is 11.9 Å². The summed E-state index contributed by atoms with van der Waals surface area (Å²) in [5.41, 5.74) is 0.889. The molecule has 5 nitrogen and oxygen atoms in total. The van der Waals surface area contributed by atoms with Gasteiger partial charge in [-0.05, 0) is 36.6 Å². The number of amides is 1. The van der Waals surface area contributed by atoms with E-state index in [2.05, 4.69) is 4.72 Å². The zero-order chi connectivity index (χ0) is 16.2. The molecular formula is C15H19ClN2O3S. The van der Waals surface area contributed by atoms with Gasteiger partial charge in [0.15, 0.2) is 0 Å². The third-order valence-corrected chi connectivity index (χ3v) is 4.42. The number of rotatable bonds is 4. The Labute approximate surface area is 136 Å². The van der Waals surface area contributed by atoms with E-state index in [1.807, 2.05) is 12.1 Å². The summed E-state index contributed by atoms with van der Waals surface area (Å²) in [5.74, 6) is -0.116. The predicted molar refractivity (Wildman–Crippen MR) is 88.1 cm³/mol. The van der Waals surface area contributed by atoms with Crippen molar-refractivity contribution < 1.29 is 13.2 Å². The Balaban J connectivity index is 1.95. The van der Waals surface area contributed by atoms with E-state index in [1.165, 1.54) is 6.08 Å². The Morgan fingerprint density at radius 2 is 2.05 bits per heavy atom. The highest BCUT2D eigenvalue weighted by atomic mass is 35.5. The van der Waals surface area contributed by atoms with Gasteiger partial charge in [0.1, 0.15) is 0 Å². The topological polar surface area (TPSA) is 66.5 Å². The van der Waals surface area contributed by atoms with Crippen LogP contribution in [0.4, 0.5) is 0 Å².